The average molecular weight is 464 g/mol. The van der Waals surface area contributed by atoms with E-state index in [-0.39, 0.29) is 17.2 Å². The van der Waals surface area contributed by atoms with Gasteiger partial charge in [-0.3, -0.25) is 9.59 Å². The number of halogens is 2. The summed E-state index contributed by atoms with van der Waals surface area (Å²) in [6.07, 6.45) is 0. The van der Waals surface area contributed by atoms with Crippen LogP contribution in [-0.2, 0) is 4.79 Å². The number of amides is 2. The number of anilines is 2. The third-order valence-corrected chi connectivity index (χ3v) is 5.77. The third-order valence-electron chi connectivity index (χ3n) is 5.17. The van der Waals surface area contributed by atoms with Crippen molar-refractivity contribution in [3.05, 3.63) is 52.0 Å². The van der Waals surface area contributed by atoms with Gasteiger partial charge in [0.25, 0.3) is 5.91 Å². The Morgan fingerprint density at radius 2 is 1.65 bits per heavy atom. The van der Waals surface area contributed by atoms with Gasteiger partial charge in [-0.15, -0.1) is 0 Å². The molecule has 0 saturated carbocycles. The Balaban J connectivity index is 1.65. The Morgan fingerprint density at radius 3 is 2.19 bits per heavy atom. The van der Waals surface area contributed by atoms with E-state index in [1.54, 1.807) is 24.3 Å². The molecule has 0 aromatic heterocycles. The Kier molecular flexibility index (Phi) is 7.02. The van der Waals surface area contributed by atoms with Crippen LogP contribution in [-0.4, -0.2) is 50.0 Å². The van der Waals surface area contributed by atoms with Crippen molar-refractivity contribution in [2.75, 3.05) is 43.5 Å². The molecular weight excluding hydrogens is 437 g/mol. The number of carbonyl (C=O) groups is 2. The van der Waals surface area contributed by atoms with Gasteiger partial charge in [0, 0.05) is 42.8 Å². The van der Waals surface area contributed by atoms with Gasteiger partial charge in [-0.2, -0.15) is 0 Å². The summed E-state index contributed by atoms with van der Waals surface area (Å²) >= 11 is 12.6. The molecule has 0 unspecified atom stereocenters. The van der Waals surface area contributed by atoms with Gasteiger partial charge in [0.05, 0.1) is 22.8 Å². The highest BCUT2D eigenvalue weighted by atomic mass is 35.5. The zero-order valence-electron chi connectivity index (χ0n) is 18.2. The first-order valence-corrected chi connectivity index (χ1v) is 10.8. The van der Waals surface area contributed by atoms with E-state index in [9.17, 15) is 9.59 Å². The molecule has 31 heavy (non-hydrogen) atoms. The third kappa shape index (κ3) is 5.43. The molecule has 2 aromatic carbocycles. The summed E-state index contributed by atoms with van der Waals surface area (Å²) in [6.45, 7) is 8.53. The fourth-order valence-electron chi connectivity index (χ4n) is 3.48. The molecule has 166 valence electrons. The van der Waals surface area contributed by atoms with Crippen molar-refractivity contribution in [1.29, 1.82) is 0 Å². The maximum Gasteiger partial charge on any atom is 0.255 e. The van der Waals surface area contributed by atoms with Crippen LogP contribution in [0, 0.1) is 5.41 Å². The Labute approximate surface area is 193 Å². The van der Waals surface area contributed by atoms with Crippen LogP contribution in [0.1, 0.15) is 31.1 Å². The van der Waals surface area contributed by atoms with Gasteiger partial charge >= 0.3 is 0 Å². The molecule has 0 aliphatic carbocycles. The monoisotopic (exact) mass is 463 g/mol. The molecule has 0 radical (unpaired) electrons. The largest absolute Gasteiger partial charge is 0.495 e. The highest BCUT2D eigenvalue weighted by Gasteiger charge is 2.30. The van der Waals surface area contributed by atoms with E-state index in [1.807, 2.05) is 37.8 Å². The topological polar surface area (TPSA) is 61.9 Å². The van der Waals surface area contributed by atoms with Crippen molar-refractivity contribution in [1.82, 2.24) is 4.90 Å². The van der Waals surface area contributed by atoms with Crippen molar-refractivity contribution in [3.63, 3.8) is 0 Å². The van der Waals surface area contributed by atoms with Crippen LogP contribution in [0.3, 0.4) is 0 Å². The Hall–Kier alpha value is -2.44. The van der Waals surface area contributed by atoms with E-state index < -0.39 is 0 Å². The van der Waals surface area contributed by atoms with E-state index in [0.717, 1.165) is 5.69 Å². The number of nitrogens with zero attached hydrogens (tertiary/aromatic N) is 2. The zero-order valence-corrected chi connectivity index (χ0v) is 19.7. The molecule has 1 fully saturated rings. The molecule has 0 spiro atoms. The summed E-state index contributed by atoms with van der Waals surface area (Å²) < 4.78 is 5.11. The zero-order chi connectivity index (χ0) is 22.8. The summed E-state index contributed by atoms with van der Waals surface area (Å²) in [6, 6.07) is 10.3. The van der Waals surface area contributed by atoms with E-state index >= 15 is 0 Å². The molecule has 3 rings (SSSR count). The van der Waals surface area contributed by atoms with E-state index in [0.29, 0.717) is 53.2 Å². The summed E-state index contributed by atoms with van der Waals surface area (Å²) in [5.74, 6) is 0.382. The number of nitrogens with one attached hydrogen (secondary N) is 1. The number of hydrogen-bond acceptors (Lipinski definition) is 4. The van der Waals surface area contributed by atoms with Crippen molar-refractivity contribution < 1.29 is 14.3 Å². The number of rotatable bonds is 4. The van der Waals surface area contributed by atoms with Crippen LogP contribution < -0.4 is 15.0 Å². The summed E-state index contributed by atoms with van der Waals surface area (Å²) in [4.78, 5) is 29.1. The summed E-state index contributed by atoms with van der Waals surface area (Å²) in [7, 11) is 1.52. The number of benzene rings is 2. The molecule has 0 atom stereocenters. The molecule has 2 amide bonds. The normalized spacial score (nSPS) is 14.4. The van der Waals surface area contributed by atoms with Gasteiger partial charge < -0.3 is 19.9 Å². The Bertz CT molecular complexity index is 981. The van der Waals surface area contributed by atoms with Crippen LogP contribution in [0.5, 0.6) is 5.75 Å². The van der Waals surface area contributed by atoms with Gasteiger partial charge in [-0.05, 0) is 36.4 Å². The number of piperazine rings is 1. The molecular formula is C23H27Cl2N3O3. The van der Waals surface area contributed by atoms with Crippen molar-refractivity contribution >= 4 is 46.4 Å². The van der Waals surface area contributed by atoms with Crippen molar-refractivity contribution in [2.45, 2.75) is 20.8 Å². The number of hydrogen-bond donors (Lipinski definition) is 1. The van der Waals surface area contributed by atoms with Gasteiger partial charge in [0.1, 0.15) is 5.75 Å². The van der Waals surface area contributed by atoms with Crippen LogP contribution in [0.4, 0.5) is 11.4 Å². The lowest BCUT2D eigenvalue weighted by Gasteiger charge is -2.39. The molecule has 0 bridgehead atoms. The summed E-state index contributed by atoms with van der Waals surface area (Å²) in [5.41, 5.74) is 1.52. The fraction of sp³-hybridized carbons (Fsp3) is 0.391. The lowest BCUT2D eigenvalue weighted by Crippen LogP contribution is -2.51. The highest BCUT2D eigenvalue weighted by Crippen LogP contribution is 2.31. The van der Waals surface area contributed by atoms with Crippen LogP contribution in [0.15, 0.2) is 36.4 Å². The number of ether oxygens (including phenoxy) is 1. The standard InChI is InChI=1S/C23H27Cl2N3O3/c1-23(2,3)22(30)28-11-9-27(10-12-28)19-7-6-16(14-17(19)24)26-21(29)15-5-8-20(31-4)18(25)13-15/h5-8,13-14H,9-12H2,1-4H3,(H,26,29). The lowest BCUT2D eigenvalue weighted by atomic mass is 9.94. The SMILES string of the molecule is COc1ccc(C(=O)Nc2ccc(N3CCN(C(=O)C(C)(C)C)CC3)c(Cl)c2)cc1Cl. The molecule has 1 heterocycles. The van der Waals surface area contributed by atoms with Gasteiger partial charge in [0.15, 0.2) is 0 Å². The molecule has 1 saturated heterocycles. The van der Waals surface area contributed by atoms with Crippen LogP contribution >= 0.6 is 23.2 Å². The molecule has 6 nitrogen and oxygen atoms in total. The predicted octanol–water partition coefficient (Wildman–Crippen LogP) is 4.95. The van der Waals surface area contributed by atoms with Crippen molar-refractivity contribution in [2.24, 2.45) is 5.41 Å². The lowest BCUT2D eigenvalue weighted by molar-refractivity contribution is -0.139. The van der Waals surface area contributed by atoms with Crippen LogP contribution in [0.2, 0.25) is 10.0 Å². The summed E-state index contributed by atoms with van der Waals surface area (Å²) in [5, 5.41) is 3.75. The minimum atomic E-state index is -0.381. The minimum absolute atomic E-state index is 0.162. The number of carbonyl (C=O) groups excluding carboxylic acids is 2. The molecule has 2 aromatic rings. The fourth-order valence-corrected chi connectivity index (χ4v) is 4.03. The maximum atomic E-state index is 12.5. The van der Waals surface area contributed by atoms with E-state index in [2.05, 4.69) is 10.2 Å². The Morgan fingerprint density at radius 1 is 0.968 bits per heavy atom. The first kappa shape index (κ1) is 23.2. The molecule has 1 N–H and O–H groups in total. The smallest absolute Gasteiger partial charge is 0.255 e. The molecule has 1 aliphatic heterocycles. The van der Waals surface area contributed by atoms with Gasteiger partial charge in [0.2, 0.25) is 5.91 Å². The van der Waals surface area contributed by atoms with E-state index in [4.69, 9.17) is 27.9 Å². The first-order chi connectivity index (χ1) is 14.6. The molecule has 1 aliphatic rings. The predicted molar refractivity (Wildman–Crippen MR) is 126 cm³/mol. The highest BCUT2D eigenvalue weighted by molar-refractivity contribution is 6.34. The second-order valence-electron chi connectivity index (χ2n) is 8.50. The second kappa shape index (κ2) is 9.37. The van der Waals surface area contributed by atoms with Crippen LogP contribution in [0.25, 0.3) is 0 Å². The van der Waals surface area contributed by atoms with E-state index in [1.165, 1.54) is 7.11 Å². The second-order valence-corrected chi connectivity index (χ2v) is 9.31. The van der Waals surface area contributed by atoms with Crippen molar-refractivity contribution in [3.8, 4) is 5.75 Å². The van der Waals surface area contributed by atoms with Gasteiger partial charge in [-0.1, -0.05) is 44.0 Å². The molecule has 8 heteroatoms. The first-order valence-electron chi connectivity index (χ1n) is 10.1. The van der Waals surface area contributed by atoms with Gasteiger partial charge in [-0.25, -0.2) is 0 Å². The minimum Gasteiger partial charge on any atom is -0.495 e. The quantitative estimate of drug-likeness (QED) is 0.696. The maximum absolute atomic E-state index is 12.5. The average Bonchev–Trinajstić information content (AvgIpc) is 2.72. The number of methoxy groups -OCH3 is 1.